The second kappa shape index (κ2) is 9.74. The molecule has 0 atom stereocenters. The summed E-state index contributed by atoms with van der Waals surface area (Å²) in [5.41, 5.74) is 1.55. The molecule has 32 heavy (non-hydrogen) atoms. The number of rotatable bonds is 6. The Morgan fingerprint density at radius 1 is 1.06 bits per heavy atom. The van der Waals surface area contributed by atoms with Crippen molar-refractivity contribution in [1.82, 2.24) is 4.98 Å². The van der Waals surface area contributed by atoms with E-state index in [0.717, 1.165) is 0 Å². The summed E-state index contributed by atoms with van der Waals surface area (Å²) in [5.74, 6) is -0.840. The maximum atomic E-state index is 12.5. The molecule has 0 aliphatic rings. The Balaban J connectivity index is 1.66. The van der Waals surface area contributed by atoms with Gasteiger partial charge in [-0.1, -0.05) is 45.0 Å². The fraction of sp³-hybridized carbons (Fsp3) is 0.250. The average Bonchev–Trinajstić information content (AvgIpc) is 3.20. The number of anilines is 3. The Morgan fingerprint density at radius 3 is 2.44 bits per heavy atom. The molecule has 0 spiro atoms. The zero-order valence-electron chi connectivity index (χ0n) is 18.4. The number of nitrogens with one attached hydrogen (secondary N) is 1. The minimum atomic E-state index is -0.549. The van der Waals surface area contributed by atoms with E-state index in [1.807, 2.05) is 51.1 Å². The lowest BCUT2D eigenvalue weighted by Crippen LogP contribution is -2.27. The van der Waals surface area contributed by atoms with Crippen molar-refractivity contribution in [3.05, 3.63) is 71.2 Å². The zero-order chi connectivity index (χ0) is 23.3. The van der Waals surface area contributed by atoms with Gasteiger partial charge in [-0.25, -0.2) is 9.78 Å². The molecule has 1 aromatic heterocycles. The van der Waals surface area contributed by atoms with Gasteiger partial charge in [0, 0.05) is 23.4 Å². The highest BCUT2D eigenvalue weighted by molar-refractivity contribution is 7.14. The SMILES string of the molecule is CC(=O)N(c1ccccc1)c1nc(COC(=O)c2cccc(NC(=O)C(C)(C)C)c2)cs1. The van der Waals surface area contributed by atoms with Crippen LogP contribution >= 0.6 is 11.3 Å². The Hall–Kier alpha value is -3.52. The van der Waals surface area contributed by atoms with Crippen LogP contribution in [0.4, 0.5) is 16.5 Å². The zero-order valence-corrected chi connectivity index (χ0v) is 19.2. The minimum absolute atomic E-state index is 0.0333. The summed E-state index contributed by atoms with van der Waals surface area (Å²) in [6, 6.07) is 15.8. The van der Waals surface area contributed by atoms with Crippen molar-refractivity contribution in [2.45, 2.75) is 34.3 Å². The van der Waals surface area contributed by atoms with Crippen LogP contribution in [-0.2, 0) is 20.9 Å². The highest BCUT2D eigenvalue weighted by atomic mass is 32.1. The maximum absolute atomic E-state index is 12.5. The lowest BCUT2D eigenvalue weighted by atomic mass is 9.95. The Morgan fingerprint density at radius 2 is 1.78 bits per heavy atom. The highest BCUT2D eigenvalue weighted by Gasteiger charge is 2.22. The standard InChI is InChI=1S/C24H25N3O4S/c1-16(28)27(20-11-6-5-7-12-20)23-26-19(15-32-23)14-31-21(29)17-9-8-10-18(13-17)25-22(30)24(2,3)4/h5-13,15H,14H2,1-4H3,(H,25,30). The largest absolute Gasteiger partial charge is 0.456 e. The van der Waals surface area contributed by atoms with Crippen LogP contribution in [0.25, 0.3) is 0 Å². The van der Waals surface area contributed by atoms with Crippen molar-refractivity contribution in [3.63, 3.8) is 0 Å². The van der Waals surface area contributed by atoms with Crippen molar-refractivity contribution < 1.29 is 19.1 Å². The normalized spacial score (nSPS) is 11.0. The summed E-state index contributed by atoms with van der Waals surface area (Å²) in [6.45, 7) is 6.88. The Bertz CT molecular complexity index is 1120. The molecule has 0 radical (unpaired) electrons. The lowest BCUT2D eigenvalue weighted by Gasteiger charge is -2.18. The van der Waals surface area contributed by atoms with Gasteiger partial charge in [-0.3, -0.25) is 14.5 Å². The van der Waals surface area contributed by atoms with Gasteiger partial charge in [0.2, 0.25) is 11.8 Å². The molecule has 7 nitrogen and oxygen atoms in total. The first kappa shape index (κ1) is 23.1. The van der Waals surface area contributed by atoms with Crippen molar-refractivity contribution in [3.8, 4) is 0 Å². The van der Waals surface area contributed by atoms with Crippen molar-refractivity contribution >= 4 is 45.6 Å². The maximum Gasteiger partial charge on any atom is 0.338 e. The molecule has 0 bridgehead atoms. The van der Waals surface area contributed by atoms with E-state index in [2.05, 4.69) is 10.3 Å². The average molecular weight is 452 g/mol. The van der Waals surface area contributed by atoms with Crippen LogP contribution in [0.15, 0.2) is 60.0 Å². The number of esters is 1. The Kier molecular flexibility index (Phi) is 7.05. The first-order valence-corrected chi connectivity index (χ1v) is 10.9. The van der Waals surface area contributed by atoms with E-state index in [0.29, 0.717) is 27.8 Å². The van der Waals surface area contributed by atoms with Crippen molar-refractivity contribution in [2.75, 3.05) is 10.2 Å². The molecule has 0 saturated carbocycles. The van der Waals surface area contributed by atoms with Crippen molar-refractivity contribution in [1.29, 1.82) is 0 Å². The van der Waals surface area contributed by atoms with Gasteiger partial charge in [-0.15, -0.1) is 11.3 Å². The van der Waals surface area contributed by atoms with Crippen LogP contribution in [0.5, 0.6) is 0 Å². The molecule has 8 heteroatoms. The van der Waals surface area contributed by atoms with Gasteiger partial charge in [0.25, 0.3) is 0 Å². The minimum Gasteiger partial charge on any atom is -0.456 e. The van der Waals surface area contributed by atoms with Crippen LogP contribution in [-0.4, -0.2) is 22.8 Å². The lowest BCUT2D eigenvalue weighted by molar-refractivity contribution is -0.123. The predicted octanol–water partition coefficient (Wildman–Crippen LogP) is 5.17. The van der Waals surface area contributed by atoms with Gasteiger partial charge in [0.15, 0.2) is 5.13 Å². The molecule has 0 saturated heterocycles. The molecule has 2 aromatic carbocycles. The number of hydrogen-bond donors (Lipinski definition) is 1. The summed E-state index contributed by atoms with van der Waals surface area (Å²) >= 11 is 1.30. The summed E-state index contributed by atoms with van der Waals surface area (Å²) in [5, 5.41) is 5.05. The molecular weight excluding hydrogens is 426 g/mol. The van der Waals surface area contributed by atoms with Crippen LogP contribution in [0.3, 0.4) is 0 Å². The number of aromatic nitrogens is 1. The summed E-state index contributed by atoms with van der Waals surface area (Å²) < 4.78 is 5.39. The van der Waals surface area contributed by atoms with E-state index in [9.17, 15) is 14.4 Å². The van der Waals surface area contributed by atoms with Crippen LogP contribution in [0, 0.1) is 5.41 Å². The van der Waals surface area contributed by atoms with Gasteiger partial charge in [0.1, 0.15) is 6.61 Å². The fourth-order valence-electron chi connectivity index (χ4n) is 2.73. The second-order valence-electron chi connectivity index (χ2n) is 8.17. The number of hydrogen-bond acceptors (Lipinski definition) is 6. The van der Waals surface area contributed by atoms with E-state index in [4.69, 9.17) is 4.74 Å². The van der Waals surface area contributed by atoms with Crippen molar-refractivity contribution in [2.24, 2.45) is 5.41 Å². The first-order chi connectivity index (χ1) is 15.1. The van der Waals surface area contributed by atoms with E-state index in [1.54, 1.807) is 29.6 Å². The number of benzene rings is 2. The van der Waals surface area contributed by atoms with E-state index in [-0.39, 0.29) is 18.4 Å². The molecule has 166 valence electrons. The summed E-state index contributed by atoms with van der Waals surface area (Å²) in [7, 11) is 0. The van der Waals surface area contributed by atoms with E-state index >= 15 is 0 Å². The number of carbonyl (C=O) groups is 3. The number of amides is 2. The fourth-order valence-corrected chi connectivity index (χ4v) is 3.61. The number of ether oxygens (including phenoxy) is 1. The van der Waals surface area contributed by atoms with Gasteiger partial charge in [0.05, 0.1) is 16.9 Å². The highest BCUT2D eigenvalue weighted by Crippen LogP contribution is 2.29. The van der Waals surface area contributed by atoms with Crippen LogP contribution in [0.2, 0.25) is 0 Å². The monoisotopic (exact) mass is 451 g/mol. The third kappa shape index (κ3) is 5.79. The van der Waals surface area contributed by atoms with Crippen LogP contribution in [0.1, 0.15) is 43.7 Å². The topological polar surface area (TPSA) is 88.6 Å². The molecule has 3 aromatic rings. The van der Waals surface area contributed by atoms with E-state index in [1.165, 1.54) is 23.2 Å². The van der Waals surface area contributed by atoms with Crippen LogP contribution < -0.4 is 10.2 Å². The summed E-state index contributed by atoms with van der Waals surface area (Å²) in [6.07, 6.45) is 0. The third-order valence-electron chi connectivity index (χ3n) is 4.45. The van der Waals surface area contributed by atoms with E-state index < -0.39 is 11.4 Å². The molecule has 2 amide bonds. The molecule has 0 unspecified atom stereocenters. The van der Waals surface area contributed by atoms with Gasteiger partial charge in [-0.05, 0) is 30.3 Å². The molecule has 0 aliphatic heterocycles. The predicted molar refractivity (Wildman–Crippen MR) is 125 cm³/mol. The molecule has 0 aliphatic carbocycles. The van der Waals surface area contributed by atoms with Gasteiger partial charge < -0.3 is 10.1 Å². The molecule has 1 N–H and O–H groups in total. The number of nitrogens with zero attached hydrogens (tertiary/aromatic N) is 2. The number of para-hydroxylation sites is 1. The first-order valence-electron chi connectivity index (χ1n) is 10.0. The second-order valence-corrected chi connectivity index (χ2v) is 9.01. The molecule has 1 heterocycles. The third-order valence-corrected chi connectivity index (χ3v) is 5.32. The summed E-state index contributed by atoms with van der Waals surface area (Å²) in [4.78, 5) is 42.8. The quantitative estimate of drug-likeness (QED) is 0.523. The molecule has 0 fully saturated rings. The Labute approximate surface area is 191 Å². The van der Waals surface area contributed by atoms with Gasteiger partial charge >= 0.3 is 5.97 Å². The smallest absolute Gasteiger partial charge is 0.338 e. The number of thiazole rings is 1. The number of carbonyl (C=O) groups excluding carboxylic acids is 3. The molecular formula is C24H25N3O4S. The molecule has 3 rings (SSSR count). The van der Waals surface area contributed by atoms with Gasteiger partial charge in [-0.2, -0.15) is 0 Å².